The van der Waals surface area contributed by atoms with Gasteiger partial charge in [0.05, 0.1) is 17.8 Å². The van der Waals surface area contributed by atoms with E-state index in [4.69, 9.17) is 16.3 Å². The van der Waals surface area contributed by atoms with Gasteiger partial charge in [0, 0.05) is 37.1 Å². The average Bonchev–Trinajstić information content (AvgIpc) is 3.14. The van der Waals surface area contributed by atoms with Crippen LogP contribution in [0.3, 0.4) is 0 Å². The molecular formula is C21H20ClN5O. The Morgan fingerprint density at radius 3 is 2.57 bits per heavy atom. The van der Waals surface area contributed by atoms with Crippen LogP contribution in [-0.2, 0) is 0 Å². The van der Waals surface area contributed by atoms with Crippen molar-refractivity contribution in [3.63, 3.8) is 0 Å². The third kappa shape index (κ3) is 2.72. The molecule has 2 aromatic heterocycles. The van der Waals surface area contributed by atoms with Gasteiger partial charge in [0.2, 0.25) is 0 Å². The van der Waals surface area contributed by atoms with Crippen molar-refractivity contribution in [1.82, 2.24) is 15.0 Å². The summed E-state index contributed by atoms with van der Waals surface area (Å²) in [6.45, 7) is 3.53. The van der Waals surface area contributed by atoms with E-state index in [2.05, 4.69) is 30.8 Å². The van der Waals surface area contributed by atoms with Crippen LogP contribution in [0, 0.1) is 0 Å². The van der Waals surface area contributed by atoms with E-state index in [-0.39, 0.29) is 0 Å². The van der Waals surface area contributed by atoms with E-state index >= 15 is 0 Å². The van der Waals surface area contributed by atoms with Crippen LogP contribution in [-0.4, -0.2) is 48.2 Å². The van der Waals surface area contributed by atoms with Gasteiger partial charge in [0.15, 0.2) is 5.82 Å². The Hall–Kier alpha value is -2.99. The molecule has 7 heteroatoms. The lowest BCUT2D eigenvalue weighted by Gasteiger charge is -2.37. The van der Waals surface area contributed by atoms with E-state index in [1.165, 1.54) is 0 Å². The normalized spacial score (nSPS) is 14.8. The largest absolute Gasteiger partial charge is 0.495 e. The molecule has 0 bridgehead atoms. The van der Waals surface area contributed by atoms with Gasteiger partial charge in [0.25, 0.3) is 0 Å². The van der Waals surface area contributed by atoms with Crippen molar-refractivity contribution in [3.05, 3.63) is 53.8 Å². The molecule has 0 radical (unpaired) electrons. The molecule has 142 valence electrons. The van der Waals surface area contributed by atoms with Crippen molar-refractivity contribution < 1.29 is 4.74 Å². The van der Waals surface area contributed by atoms with Crippen LogP contribution in [0.5, 0.6) is 5.75 Å². The number of benzene rings is 2. The molecule has 6 nitrogen and oxygen atoms in total. The highest BCUT2D eigenvalue weighted by molar-refractivity contribution is 6.37. The summed E-state index contributed by atoms with van der Waals surface area (Å²) in [6.07, 6.45) is 1.63. The molecule has 1 aliphatic heterocycles. The summed E-state index contributed by atoms with van der Waals surface area (Å²) in [6, 6.07) is 14.0. The Morgan fingerprint density at radius 1 is 0.964 bits per heavy atom. The minimum atomic E-state index is 0.703. The summed E-state index contributed by atoms with van der Waals surface area (Å²) < 4.78 is 5.52. The molecule has 1 aliphatic rings. The second kappa shape index (κ2) is 6.87. The van der Waals surface area contributed by atoms with Crippen molar-refractivity contribution in [2.24, 2.45) is 0 Å². The summed E-state index contributed by atoms with van der Waals surface area (Å²) in [5, 5.41) is 1.66. The summed E-state index contributed by atoms with van der Waals surface area (Å²) >= 11 is 6.42. The molecule has 0 unspecified atom stereocenters. The monoisotopic (exact) mass is 393 g/mol. The fourth-order valence-corrected chi connectivity index (χ4v) is 4.24. The fraction of sp³-hybridized carbons (Fsp3) is 0.238. The molecule has 0 atom stereocenters. The number of methoxy groups -OCH3 is 1. The van der Waals surface area contributed by atoms with Gasteiger partial charge < -0.3 is 19.5 Å². The topological polar surface area (TPSA) is 57.3 Å². The molecule has 5 rings (SSSR count). The second-order valence-electron chi connectivity index (χ2n) is 6.85. The molecule has 2 aromatic carbocycles. The number of halogens is 1. The fourth-order valence-electron chi connectivity index (χ4n) is 3.97. The average molecular weight is 394 g/mol. The number of para-hydroxylation sites is 2. The zero-order valence-corrected chi connectivity index (χ0v) is 16.3. The zero-order valence-electron chi connectivity index (χ0n) is 15.5. The Balaban J connectivity index is 1.46. The van der Waals surface area contributed by atoms with Crippen molar-refractivity contribution in [2.75, 3.05) is 43.1 Å². The number of anilines is 2. The molecular weight excluding hydrogens is 374 g/mol. The third-order valence-electron chi connectivity index (χ3n) is 5.34. The predicted octanol–water partition coefficient (Wildman–Crippen LogP) is 4.10. The summed E-state index contributed by atoms with van der Waals surface area (Å²) in [7, 11) is 1.72. The van der Waals surface area contributed by atoms with Crippen molar-refractivity contribution >= 4 is 45.0 Å². The first kappa shape index (κ1) is 17.1. The number of nitrogens with one attached hydrogen (secondary N) is 1. The predicted molar refractivity (Wildman–Crippen MR) is 114 cm³/mol. The first-order valence-corrected chi connectivity index (χ1v) is 9.68. The Kier molecular flexibility index (Phi) is 4.20. The number of piperazine rings is 1. The Bertz CT molecular complexity index is 1150. The van der Waals surface area contributed by atoms with Crippen LogP contribution in [0.25, 0.3) is 21.9 Å². The van der Waals surface area contributed by atoms with E-state index < -0.39 is 0 Å². The molecule has 0 aliphatic carbocycles. The SMILES string of the molecule is COc1ccccc1N1CCN(c2ncnc3c2[nH]c2cccc(Cl)c23)CC1. The molecule has 3 heterocycles. The highest BCUT2D eigenvalue weighted by Crippen LogP contribution is 2.34. The summed E-state index contributed by atoms with van der Waals surface area (Å²) in [5.74, 6) is 1.84. The van der Waals surface area contributed by atoms with Crippen molar-refractivity contribution in [2.45, 2.75) is 0 Å². The highest BCUT2D eigenvalue weighted by atomic mass is 35.5. The maximum Gasteiger partial charge on any atom is 0.156 e. The quantitative estimate of drug-likeness (QED) is 0.568. The van der Waals surface area contributed by atoms with Gasteiger partial charge in [-0.2, -0.15) is 0 Å². The van der Waals surface area contributed by atoms with Gasteiger partial charge in [-0.05, 0) is 24.3 Å². The molecule has 28 heavy (non-hydrogen) atoms. The number of hydrogen-bond donors (Lipinski definition) is 1. The van der Waals surface area contributed by atoms with Crippen LogP contribution in [0.2, 0.25) is 5.02 Å². The van der Waals surface area contributed by atoms with Crippen LogP contribution in [0.15, 0.2) is 48.8 Å². The molecule has 0 saturated carbocycles. The van der Waals surface area contributed by atoms with Gasteiger partial charge in [-0.15, -0.1) is 0 Å². The van der Waals surface area contributed by atoms with Gasteiger partial charge in [0.1, 0.15) is 23.1 Å². The van der Waals surface area contributed by atoms with E-state index in [0.29, 0.717) is 5.02 Å². The maximum absolute atomic E-state index is 6.42. The van der Waals surface area contributed by atoms with Gasteiger partial charge in [-0.3, -0.25) is 0 Å². The lowest BCUT2D eigenvalue weighted by atomic mass is 10.2. The minimum absolute atomic E-state index is 0.703. The Morgan fingerprint density at radius 2 is 1.75 bits per heavy atom. The zero-order chi connectivity index (χ0) is 19.1. The number of aromatic nitrogens is 3. The minimum Gasteiger partial charge on any atom is -0.495 e. The van der Waals surface area contributed by atoms with E-state index in [1.807, 2.05) is 36.4 Å². The molecule has 4 aromatic rings. The van der Waals surface area contributed by atoms with E-state index in [1.54, 1.807) is 13.4 Å². The van der Waals surface area contributed by atoms with E-state index in [9.17, 15) is 0 Å². The number of hydrogen-bond acceptors (Lipinski definition) is 5. The third-order valence-corrected chi connectivity index (χ3v) is 5.66. The number of fused-ring (bicyclic) bond motifs is 3. The van der Waals surface area contributed by atoms with Crippen LogP contribution in [0.1, 0.15) is 0 Å². The van der Waals surface area contributed by atoms with Crippen molar-refractivity contribution in [1.29, 1.82) is 0 Å². The van der Waals surface area contributed by atoms with E-state index in [0.717, 1.165) is 65.4 Å². The van der Waals surface area contributed by atoms with Gasteiger partial charge in [-0.25, -0.2) is 9.97 Å². The summed E-state index contributed by atoms with van der Waals surface area (Å²) in [4.78, 5) is 17.2. The molecule has 1 fully saturated rings. The first-order valence-electron chi connectivity index (χ1n) is 9.30. The lowest BCUT2D eigenvalue weighted by Crippen LogP contribution is -2.47. The lowest BCUT2D eigenvalue weighted by molar-refractivity contribution is 0.413. The Labute approximate surface area is 167 Å². The highest BCUT2D eigenvalue weighted by Gasteiger charge is 2.23. The van der Waals surface area contributed by atoms with Crippen LogP contribution >= 0.6 is 11.6 Å². The van der Waals surface area contributed by atoms with Crippen LogP contribution < -0.4 is 14.5 Å². The summed E-state index contributed by atoms with van der Waals surface area (Å²) in [5.41, 5.74) is 3.93. The number of aromatic amines is 1. The number of H-pyrrole nitrogens is 1. The second-order valence-corrected chi connectivity index (χ2v) is 7.26. The first-order chi connectivity index (χ1) is 13.8. The molecule has 1 N–H and O–H groups in total. The number of nitrogens with zero attached hydrogens (tertiary/aromatic N) is 4. The molecule has 0 amide bonds. The van der Waals surface area contributed by atoms with Gasteiger partial charge in [-0.1, -0.05) is 29.8 Å². The molecule has 1 saturated heterocycles. The maximum atomic E-state index is 6.42. The standard InChI is InChI=1S/C21H20ClN5O/c1-28-17-8-3-2-7-16(17)26-9-11-27(12-10-26)21-20-19(23-13-24-21)18-14(22)5-4-6-15(18)25-20/h2-8,13,25H,9-12H2,1H3. The number of ether oxygens (including phenoxy) is 1. The number of rotatable bonds is 3. The smallest absolute Gasteiger partial charge is 0.156 e. The van der Waals surface area contributed by atoms with Crippen LogP contribution in [0.4, 0.5) is 11.5 Å². The van der Waals surface area contributed by atoms with Gasteiger partial charge >= 0.3 is 0 Å². The molecule has 0 spiro atoms. The van der Waals surface area contributed by atoms with Crippen molar-refractivity contribution in [3.8, 4) is 5.75 Å².